The molecule has 3 nitrogen and oxygen atoms in total. The Bertz CT molecular complexity index is 440. The number of nitrogens with one attached hydrogen (secondary N) is 1. The van der Waals surface area contributed by atoms with Gasteiger partial charge < -0.3 is 11.1 Å². The molecule has 1 aliphatic carbocycles. The molecule has 1 saturated carbocycles. The average molecular weight is 243 g/mol. The van der Waals surface area contributed by atoms with Crippen LogP contribution in [0.4, 0.5) is 11.4 Å². The maximum atomic E-state index is 8.84. The van der Waals surface area contributed by atoms with Crippen molar-refractivity contribution in [1.29, 1.82) is 5.26 Å². The quantitative estimate of drug-likeness (QED) is 0.798. The molecule has 1 aliphatic rings. The average Bonchev–Trinajstić information content (AvgIpc) is 2.40. The van der Waals surface area contributed by atoms with Crippen molar-refractivity contribution in [3.05, 3.63) is 23.8 Å². The van der Waals surface area contributed by atoms with Gasteiger partial charge in [-0.15, -0.1) is 0 Å². The van der Waals surface area contributed by atoms with Crippen LogP contribution < -0.4 is 11.1 Å². The summed E-state index contributed by atoms with van der Waals surface area (Å²) < 4.78 is 0. The predicted octanol–water partition coefficient (Wildman–Crippen LogP) is 3.52. The molecular formula is C15H21N3. The van der Waals surface area contributed by atoms with Crippen molar-refractivity contribution in [3.63, 3.8) is 0 Å². The molecule has 0 bridgehead atoms. The molecule has 3 N–H and O–H groups in total. The molecule has 18 heavy (non-hydrogen) atoms. The highest BCUT2D eigenvalue weighted by Crippen LogP contribution is 2.29. The van der Waals surface area contributed by atoms with E-state index in [2.05, 4.69) is 18.3 Å². The Morgan fingerprint density at radius 1 is 1.33 bits per heavy atom. The molecule has 0 heterocycles. The lowest BCUT2D eigenvalue weighted by Crippen LogP contribution is -2.25. The summed E-state index contributed by atoms with van der Waals surface area (Å²) in [6, 6.07) is 8.24. The Hall–Kier alpha value is -1.69. The first kappa shape index (κ1) is 12.8. The molecule has 0 atom stereocenters. The van der Waals surface area contributed by atoms with Gasteiger partial charge in [-0.1, -0.05) is 13.3 Å². The van der Waals surface area contributed by atoms with Gasteiger partial charge in [0.15, 0.2) is 0 Å². The van der Waals surface area contributed by atoms with E-state index in [4.69, 9.17) is 11.0 Å². The summed E-state index contributed by atoms with van der Waals surface area (Å²) in [6.45, 7) is 2.28. The lowest BCUT2D eigenvalue weighted by molar-refractivity contribution is 0.330. The van der Waals surface area contributed by atoms with Crippen molar-refractivity contribution < 1.29 is 0 Å². The van der Waals surface area contributed by atoms with Gasteiger partial charge in [-0.25, -0.2) is 0 Å². The van der Waals surface area contributed by atoms with Crippen LogP contribution in [-0.4, -0.2) is 6.04 Å². The SMILES string of the molecule is CCC1CCC(Nc2ccc(C#N)c(N)c2)CC1. The van der Waals surface area contributed by atoms with Gasteiger partial charge in [0.05, 0.1) is 11.3 Å². The Balaban J connectivity index is 1.94. The fourth-order valence-electron chi connectivity index (χ4n) is 2.71. The molecule has 0 spiro atoms. The largest absolute Gasteiger partial charge is 0.398 e. The number of rotatable bonds is 3. The Morgan fingerprint density at radius 3 is 2.61 bits per heavy atom. The van der Waals surface area contributed by atoms with Gasteiger partial charge in [-0.3, -0.25) is 0 Å². The van der Waals surface area contributed by atoms with Crippen LogP contribution in [0.1, 0.15) is 44.6 Å². The summed E-state index contributed by atoms with van der Waals surface area (Å²) in [5.74, 6) is 0.911. The van der Waals surface area contributed by atoms with Crippen LogP contribution in [0.3, 0.4) is 0 Å². The van der Waals surface area contributed by atoms with Crippen molar-refractivity contribution in [2.75, 3.05) is 11.1 Å². The van der Waals surface area contributed by atoms with E-state index in [1.165, 1.54) is 32.1 Å². The summed E-state index contributed by atoms with van der Waals surface area (Å²) >= 11 is 0. The first-order valence-electron chi connectivity index (χ1n) is 6.79. The van der Waals surface area contributed by atoms with Crippen LogP contribution in [0.5, 0.6) is 0 Å². The second kappa shape index (κ2) is 5.77. The second-order valence-corrected chi connectivity index (χ2v) is 5.18. The molecule has 0 saturated heterocycles. The molecule has 1 aromatic carbocycles. The zero-order chi connectivity index (χ0) is 13.0. The van der Waals surface area contributed by atoms with Crippen molar-refractivity contribution >= 4 is 11.4 Å². The van der Waals surface area contributed by atoms with Crippen LogP contribution in [0.2, 0.25) is 0 Å². The van der Waals surface area contributed by atoms with Gasteiger partial charge >= 0.3 is 0 Å². The van der Waals surface area contributed by atoms with Crippen molar-refractivity contribution in [3.8, 4) is 6.07 Å². The maximum Gasteiger partial charge on any atom is 0.101 e. The van der Waals surface area contributed by atoms with Crippen LogP contribution in [0.15, 0.2) is 18.2 Å². The highest BCUT2D eigenvalue weighted by molar-refractivity contribution is 5.62. The minimum Gasteiger partial charge on any atom is -0.398 e. The van der Waals surface area contributed by atoms with Gasteiger partial charge in [0.25, 0.3) is 0 Å². The molecular weight excluding hydrogens is 222 g/mol. The molecule has 0 radical (unpaired) electrons. The van der Waals surface area contributed by atoms with Crippen LogP contribution in [0.25, 0.3) is 0 Å². The van der Waals surface area contributed by atoms with Crippen LogP contribution in [-0.2, 0) is 0 Å². The van der Waals surface area contributed by atoms with E-state index in [9.17, 15) is 0 Å². The zero-order valence-corrected chi connectivity index (χ0v) is 10.9. The molecule has 3 heteroatoms. The maximum absolute atomic E-state index is 8.84. The van der Waals surface area contributed by atoms with E-state index in [1.807, 2.05) is 12.1 Å². The molecule has 96 valence electrons. The number of nitrogens with two attached hydrogens (primary N) is 1. The third-order valence-corrected chi connectivity index (χ3v) is 3.97. The van der Waals surface area contributed by atoms with Gasteiger partial charge in [0.1, 0.15) is 6.07 Å². The Labute approximate surface area is 109 Å². The lowest BCUT2D eigenvalue weighted by atomic mass is 9.84. The highest BCUT2D eigenvalue weighted by Gasteiger charge is 2.19. The summed E-state index contributed by atoms with van der Waals surface area (Å²) in [4.78, 5) is 0. The molecule has 0 unspecified atom stereocenters. The smallest absolute Gasteiger partial charge is 0.101 e. The molecule has 1 fully saturated rings. The number of nitrogen functional groups attached to an aromatic ring is 1. The molecule has 0 aliphatic heterocycles. The molecule has 2 rings (SSSR count). The normalized spacial score (nSPS) is 23.3. The standard InChI is InChI=1S/C15H21N3/c1-2-11-3-6-13(7-4-11)18-14-8-5-12(10-16)15(17)9-14/h5,8-9,11,13,18H,2-4,6-7,17H2,1H3. The number of hydrogen-bond donors (Lipinski definition) is 2. The van der Waals surface area contributed by atoms with E-state index >= 15 is 0 Å². The monoisotopic (exact) mass is 243 g/mol. The summed E-state index contributed by atoms with van der Waals surface area (Å²) in [7, 11) is 0. The van der Waals surface area contributed by atoms with Crippen molar-refractivity contribution in [2.24, 2.45) is 5.92 Å². The zero-order valence-electron chi connectivity index (χ0n) is 10.9. The Kier molecular flexibility index (Phi) is 4.09. The highest BCUT2D eigenvalue weighted by atomic mass is 14.9. The molecule has 0 amide bonds. The van der Waals surface area contributed by atoms with Gasteiger partial charge in [-0.2, -0.15) is 5.26 Å². The number of nitrogens with zero attached hydrogens (tertiary/aromatic N) is 1. The minimum absolute atomic E-state index is 0.551. The van der Waals surface area contributed by atoms with E-state index in [-0.39, 0.29) is 0 Å². The minimum atomic E-state index is 0.551. The first-order valence-corrected chi connectivity index (χ1v) is 6.79. The van der Waals surface area contributed by atoms with Crippen molar-refractivity contribution in [2.45, 2.75) is 45.1 Å². The number of benzene rings is 1. The first-order chi connectivity index (χ1) is 8.72. The van der Waals surface area contributed by atoms with Gasteiger partial charge in [0, 0.05) is 11.7 Å². The van der Waals surface area contributed by atoms with Gasteiger partial charge in [-0.05, 0) is 49.8 Å². The Morgan fingerprint density at radius 2 is 2.06 bits per heavy atom. The van der Waals surface area contributed by atoms with Crippen LogP contribution >= 0.6 is 0 Å². The number of hydrogen-bond acceptors (Lipinski definition) is 3. The fraction of sp³-hybridized carbons (Fsp3) is 0.533. The summed E-state index contributed by atoms with van der Waals surface area (Å²) in [6.07, 6.45) is 6.41. The third-order valence-electron chi connectivity index (χ3n) is 3.97. The summed E-state index contributed by atoms with van der Waals surface area (Å²) in [5.41, 5.74) is 7.96. The van der Waals surface area contributed by atoms with E-state index < -0.39 is 0 Å². The predicted molar refractivity (Wildman–Crippen MR) is 75.2 cm³/mol. The van der Waals surface area contributed by atoms with Crippen LogP contribution in [0, 0.1) is 17.2 Å². The number of nitriles is 1. The van der Waals surface area contributed by atoms with Gasteiger partial charge in [0.2, 0.25) is 0 Å². The summed E-state index contributed by atoms with van der Waals surface area (Å²) in [5, 5.41) is 12.4. The lowest BCUT2D eigenvalue weighted by Gasteiger charge is -2.29. The van der Waals surface area contributed by atoms with E-state index in [1.54, 1.807) is 6.07 Å². The second-order valence-electron chi connectivity index (χ2n) is 5.18. The molecule has 1 aromatic rings. The number of anilines is 2. The third kappa shape index (κ3) is 2.95. The van der Waals surface area contributed by atoms with Crippen molar-refractivity contribution in [1.82, 2.24) is 0 Å². The van der Waals surface area contributed by atoms with E-state index in [0.29, 0.717) is 17.3 Å². The fourth-order valence-corrected chi connectivity index (χ4v) is 2.71. The van der Waals surface area contributed by atoms with E-state index in [0.717, 1.165) is 11.6 Å². The topological polar surface area (TPSA) is 61.8 Å². The molecule has 0 aromatic heterocycles.